The van der Waals surface area contributed by atoms with E-state index >= 15 is 0 Å². The van der Waals surface area contributed by atoms with Crippen LogP contribution in [0.15, 0.2) is 30.6 Å². The van der Waals surface area contributed by atoms with E-state index in [1.54, 1.807) is 12.4 Å². The molecule has 2 aromatic rings. The Morgan fingerprint density at radius 1 is 1.06 bits per heavy atom. The number of hydrogen-bond donors (Lipinski definition) is 2. The summed E-state index contributed by atoms with van der Waals surface area (Å²) in [6.07, 6.45) is 3.42. The summed E-state index contributed by atoms with van der Waals surface area (Å²) >= 11 is 0. The van der Waals surface area contributed by atoms with Crippen LogP contribution in [0.2, 0.25) is 0 Å². The molecule has 0 saturated carbocycles. The predicted octanol–water partition coefficient (Wildman–Crippen LogP) is 1.37. The van der Waals surface area contributed by atoms with Crippen LogP contribution in [-0.4, -0.2) is 24.1 Å². The van der Waals surface area contributed by atoms with Crippen molar-refractivity contribution in [3.63, 3.8) is 0 Å². The van der Waals surface area contributed by atoms with Crippen molar-refractivity contribution in [1.82, 2.24) is 9.97 Å². The van der Waals surface area contributed by atoms with E-state index in [-0.39, 0.29) is 0 Å². The average molecular weight is 229 g/mol. The third-order valence-corrected chi connectivity index (χ3v) is 2.54. The SMILES string of the molecule is CN(C)c1ccc(-c2ccnc(N)c2N)cn1. The molecule has 0 bridgehead atoms. The topological polar surface area (TPSA) is 81.1 Å². The molecule has 0 aliphatic rings. The molecule has 2 aromatic heterocycles. The number of nitrogens with two attached hydrogens (primary N) is 2. The Labute approximate surface area is 100 Å². The van der Waals surface area contributed by atoms with Gasteiger partial charge in [0.25, 0.3) is 0 Å². The van der Waals surface area contributed by atoms with E-state index in [2.05, 4.69) is 9.97 Å². The summed E-state index contributed by atoms with van der Waals surface area (Å²) in [7, 11) is 3.89. The number of pyridine rings is 2. The van der Waals surface area contributed by atoms with Gasteiger partial charge in [0.05, 0.1) is 5.69 Å². The Morgan fingerprint density at radius 2 is 1.82 bits per heavy atom. The number of aromatic nitrogens is 2. The van der Waals surface area contributed by atoms with E-state index in [4.69, 9.17) is 11.5 Å². The van der Waals surface area contributed by atoms with Crippen molar-refractivity contribution in [2.24, 2.45) is 0 Å². The van der Waals surface area contributed by atoms with Gasteiger partial charge in [-0.3, -0.25) is 0 Å². The highest BCUT2D eigenvalue weighted by Crippen LogP contribution is 2.28. The molecule has 0 aromatic carbocycles. The maximum atomic E-state index is 5.89. The van der Waals surface area contributed by atoms with E-state index in [0.29, 0.717) is 11.5 Å². The van der Waals surface area contributed by atoms with Gasteiger partial charge in [-0.05, 0) is 18.2 Å². The standard InChI is InChI=1S/C12H15N5/c1-17(2)10-4-3-8(7-16-10)9-5-6-15-12(14)11(9)13/h3-7H,13H2,1-2H3,(H2,14,15). The molecule has 0 saturated heterocycles. The van der Waals surface area contributed by atoms with Crippen molar-refractivity contribution in [2.75, 3.05) is 30.5 Å². The highest BCUT2D eigenvalue weighted by molar-refractivity contribution is 5.82. The smallest absolute Gasteiger partial charge is 0.147 e. The zero-order valence-corrected chi connectivity index (χ0v) is 9.88. The highest BCUT2D eigenvalue weighted by Gasteiger charge is 2.06. The first-order valence-corrected chi connectivity index (χ1v) is 5.23. The predicted molar refractivity (Wildman–Crippen MR) is 70.6 cm³/mol. The first-order valence-electron chi connectivity index (χ1n) is 5.23. The number of rotatable bonds is 2. The van der Waals surface area contributed by atoms with Gasteiger partial charge in [-0.15, -0.1) is 0 Å². The van der Waals surface area contributed by atoms with Crippen LogP contribution in [-0.2, 0) is 0 Å². The third kappa shape index (κ3) is 2.13. The molecule has 88 valence electrons. The minimum Gasteiger partial charge on any atom is -0.395 e. The van der Waals surface area contributed by atoms with Crippen LogP contribution in [0.4, 0.5) is 17.3 Å². The van der Waals surface area contributed by atoms with Crippen molar-refractivity contribution in [1.29, 1.82) is 0 Å². The molecule has 2 heterocycles. The molecule has 4 N–H and O–H groups in total. The van der Waals surface area contributed by atoms with E-state index in [9.17, 15) is 0 Å². The van der Waals surface area contributed by atoms with Gasteiger partial charge < -0.3 is 16.4 Å². The number of hydrogen-bond acceptors (Lipinski definition) is 5. The molecule has 17 heavy (non-hydrogen) atoms. The number of nitrogen functional groups attached to an aromatic ring is 2. The molecule has 0 aliphatic heterocycles. The number of anilines is 3. The largest absolute Gasteiger partial charge is 0.395 e. The summed E-state index contributed by atoms with van der Waals surface area (Å²) in [5.41, 5.74) is 13.8. The molecule has 5 nitrogen and oxygen atoms in total. The van der Waals surface area contributed by atoms with Gasteiger partial charge in [-0.1, -0.05) is 0 Å². The van der Waals surface area contributed by atoms with Crippen molar-refractivity contribution in [3.05, 3.63) is 30.6 Å². The summed E-state index contributed by atoms with van der Waals surface area (Å²) in [4.78, 5) is 10.2. The van der Waals surface area contributed by atoms with Gasteiger partial charge in [-0.2, -0.15) is 0 Å². The minimum absolute atomic E-state index is 0.346. The zero-order valence-electron chi connectivity index (χ0n) is 9.88. The van der Waals surface area contributed by atoms with Crippen LogP contribution in [0, 0.1) is 0 Å². The average Bonchev–Trinajstić information content (AvgIpc) is 2.33. The summed E-state index contributed by atoms with van der Waals surface area (Å²) in [5.74, 6) is 1.24. The van der Waals surface area contributed by atoms with Crippen molar-refractivity contribution < 1.29 is 0 Å². The Bertz CT molecular complexity index is 519. The Balaban J connectivity index is 2.43. The molecule has 0 amide bonds. The Hall–Kier alpha value is -2.30. The van der Waals surface area contributed by atoms with Crippen molar-refractivity contribution in [2.45, 2.75) is 0 Å². The molecule has 0 spiro atoms. The summed E-state index contributed by atoms with van der Waals surface area (Å²) < 4.78 is 0. The van der Waals surface area contributed by atoms with Crippen LogP contribution < -0.4 is 16.4 Å². The molecule has 0 radical (unpaired) electrons. The fourth-order valence-corrected chi connectivity index (χ4v) is 1.55. The second kappa shape index (κ2) is 4.29. The molecule has 0 unspecified atom stereocenters. The van der Waals surface area contributed by atoms with Gasteiger partial charge >= 0.3 is 0 Å². The second-order valence-corrected chi connectivity index (χ2v) is 3.96. The van der Waals surface area contributed by atoms with Crippen LogP contribution in [0.25, 0.3) is 11.1 Å². The summed E-state index contributed by atoms with van der Waals surface area (Å²) in [6, 6.07) is 5.73. The van der Waals surface area contributed by atoms with E-state index in [1.807, 2.05) is 37.2 Å². The maximum absolute atomic E-state index is 5.89. The normalized spacial score (nSPS) is 10.2. The summed E-state index contributed by atoms with van der Waals surface area (Å²) in [5, 5.41) is 0. The van der Waals surface area contributed by atoms with Crippen LogP contribution in [0.5, 0.6) is 0 Å². The van der Waals surface area contributed by atoms with Crippen LogP contribution >= 0.6 is 0 Å². The second-order valence-electron chi connectivity index (χ2n) is 3.96. The zero-order chi connectivity index (χ0) is 12.4. The van der Waals surface area contributed by atoms with Gasteiger partial charge in [-0.25, -0.2) is 9.97 Å². The van der Waals surface area contributed by atoms with Gasteiger partial charge in [0, 0.05) is 37.6 Å². The number of nitrogens with zero attached hydrogens (tertiary/aromatic N) is 3. The lowest BCUT2D eigenvalue weighted by Gasteiger charge is -2.12. The van der Waals surface area contributed by atoms with Crippen molar-refractivity contribution >= 4 is 17.3 Å². The molecule has 5 heteroatoms. The molecule has 0 fully saturated rings. The maximum Gasteiger partial charge on any atom is 0.147 e. The van der Waals surface area contributed by atoms with Crippen LogP contribution in [0.1, 0.15) is 0 Å². The Kier molecular flexibility index (Phi) is 2.82. The molecule has 2 rings (SSSR count). The lowest BCUT2D eigenvalue weighted by molar-refractivity contribution is 1.07. The van der Waals surface area contributed by atoms with Crippen molar-refractivity contribution in [3.8, 4) is 11.1 Å². The fourth-order valence-electron chi connectivity index (χ4n) is 1.55. The minimum atomic E-state index is 0.346. The third-order valence-electron chi connectivity index (χ3n) is 2.54. The van der Waals surface area contributed by atoms with E-state index in [0.717, 1.165) is 16.9 Å². The Morgan fingerprint density at radius 3 is 2.41 bits per heavy atom. The van der Waals surface area contributed by atoms with Gasteiger partial charge in [0.2, 0.25) is 0 Å². The lowest BCUT2D eigenvalue weighted by atomic mass is 10.1. The quantitative estimate of drug-likeness (QED) is 0.813. The van der Waals surface area contributed by atoms with E-state index in [1.165, 1.54) is 0 Å². The van der Waals surface area contributed by atoms with Gasteiger partial charge in [0.15, 0.2) is 0 Å². The fraction of sp³-hybridized carbons (Fsp3) is 0.167. The molecular formula is C12H15N5. The summed E-state index contributed by atoms with van der Waals surface area (Å²) in [6.45, 7) is 0. The van der Waals surface area contributed by atoms with E-state index < -0.39 is 0 Å². The first kappa shape index (κ1) is 11.2. The lowest BCUT2D eigenvalue weighted by Crippen LogP contribution is -2.10. The molecule has 0 aliphatic carbocycles. The van der Waals surface area contributed by atoms with Gasteiger partial charge in [0.1, 0.15) is 11.6 Å². The highest BCUT2D eigenvalue weighted by atomic mass is 15.1. The monoisotopic (exact) mass is 229 g/mol. The molecular weight excluding hydrogens is 214 g/mol. The van der Waals surface area contributed by atoms with Crippen LogP contribution in [0.3, 0.4) is 0 Å². The molecule has 0 atom stereocenters. The first-order chi connectivity index (χ1) is 8.09.